The molecule has 0 spiro atoms. The Morgan fingerprint density at radius 1 is 0.941 bits per heavy atom. The second-order valence-electron chi connectivity index (χ2n) is 7.34. The first kappa shape index (κ1) is 21.5. The average molecular weight is 473 g/mol. The van der Waals surface area contributed by atoms with Crippen molar-refractivity contribution in [1.82, 2.24) is 24.8 Å². The molecule has 34 heavy (non-hydrogen) atoms. The zero-order valence-electron chi connectivity index (χ0n) is 18.2. The molecule has 0 bridgehead atoms. The lowest BCUT2D eigenvalue weighted by atomic mass is 10.1. The van der Waals surface area contributed by atoms with Crippen molar-refractivity contribution in [3.63, 3.8) is 0 Å². The highest BCUT2D eigenvalue weighted by Gasteiger charge is 2.16. The normalized spacial score (nSPS) is 11.4. The van der Waals surface area contributed by atoms with Crippen LogP contribution in [0.25, 0.3) is 28.3 Å². The summed E-state index contributed by atoms with van der Waals surface area (Å²) in [5.41, 5.74) is 3.18. The second-order valence-corrected chi connectivity index (χ2v) is 9.03. The van der Waals surface area contributed by atoms with Crippen LogP contribution in [0.5, 0.6) is 5.75 Å². The van der Waals surface area contributed by atoms with Gasteiger partial charge in [-0.3, -0.25) is 9.71 Å². The van der Waals surface area contributed by atoms with Gasteiger partial charge in [-0.15, -0.1) is 10.2 Å². The van der Waals surface area contributed by atoms with Crippen molar-refractivity contribution in [3.05, 3.63) is 85.2 Å². The minimum Gasteiger partial charge on any atom is -0.494 e. The first-order valence-corrected chi connectivity index (χ1v) is 12.0. The number of anilines is 1. The molecule has 2 aromatic carbocycles. The van der Waals surface area contributed by atoms with Gasteiger partial charge in [0.25, 0.3) is 10.0 Å². The largest absolute Gasteiger partial charge is 0.494 e. The SMILES string of the molecule is CCOc1ccc(S(=O)(=O)Nc2cccc(-c3ccc4nnc(-c5cccnc5)n4n3)c2)cc1. The van der Waals surface area contributed by atoms with Crippen LogP contribution < -0.4 is 9.46 Å². The van der Waals surface area contributed by atoms with Gasteiger partial charge in [0.1, 0.15) is 5.75 Å². The Morgan fingerprint density at radius 2 is 1.76 bits per heavy atom. The number of hydrogen-bond acceptors (Lipinski definition) is 7. The van der Waals surface area contributed by atoms with Gasteiger partial charge in [0, 0.05) is 29.2 Å². The third-order valence-electron chi connectivity index (χ3n) is 5.04. The molecule has 0 amide bonds. The first-order chi connectivity index (χ1) is 16.5. The molecule has 170 valence electrons. The van der Waals surface area contributed by atoms with Gasteiger partial charge < -0.3 is 4.74 Å². The monoisotopic (exact) mass is 472 g/mol. The van der Waals surface area contributed by atoms with Crippen LogP contribution in [0.3, 0.4) is 0 Å². The molecule has 0 aliphatic carbocycles. The molecule has 0 saturated heterocycles. The predicted octanol–water partition coefficient (Wildman–Crippen LogP) is 4.05. The van der Waals surface area contributed by atoms with Crippen LogP contribution in [0.15, 0.2) is 90.1 Å². The Balaban J connectivity index is 1.45. The molecule has 9 nitrogen and oxygen atoms in total. The second kappa shape index (κ2) is 8.91. The number of sulfonamides is 1. The predicted molar refractivity (Wildman–Crippen MR) is 128 cm³/mol. The van der Waals surface area contributed by atoms with Gasteiger partial charge in [-0.25, -0.2) is 8.42 Å². The summed E-state index contributed by atoms with van der Waals surface area (Å²) in [7, 11) is -3.77. The van der Waals surface area contributed by atoms with E-state index in [1.807, 2.05) is 37.3 Å². The van der Waals surface area contributed by atoms with E-state index in [9.17, 15) is 8.42 Å². The molecule has 0 fully saturated rings. The topological polar surface area (TPSA) is 111 Å². The zero-order chi connectivity index (χ0) is 23.5. The molecule has 0 aliphatic rings. The minimum absolute atomic E-state index is 0.145. The van der Waals surface area contributed by atoms with E-state index in [1.54, 1.807) is 47.2 Å². The first-order valence-electron chi connectivity index (χ1n) is 10.5. The number of hydrogen-bond donors (Lipinski definition) is 1. The quantitative estimate of drug-likeness (QED) is 0.380. The molecule has 0 radical (unpaired) electrons. The summed E-state index contributed by atoms with van der Waals surface area (Å²) in [5.74, 6) is 1.18. The maximum atomic E-state index is 12.9. The maximum absolute atomic E-state index is 12.9. The van der Waals surface area contributed by atoms with E-state index >= 15 is 0 Å². The van der Waals surface area contributed by atoms with Crippen molar-refractivity contribution in [2.75, 3.05) is 11.3 Å². The third kappa shape index (κ3) is 4.30. The van der Waals surface area contributed by atoms with Crippen molar-refractivity contribution in [2.45, 2.75) is 11.8 Å². The number of pyridine rings is 1. The molecule has 0 aliphatic heterocycles. The number of fused-ring (bicyclic) bond motifs is 1. The molecule has 0 saturated carbocycles. The Kier molecular flexibility index (Phi) is 5.64. The minimum atomic E-state index is -3.77. The van der Waals surface area contributed by atoms with Crippen LogP contribution in [0.4, 0.5) is 5.69 Å². The van der Waals surface area contributed by atoms with Crippen molar-refractivity contribution in [2.24, 2.45) is 0 Å². The summed E-state index contributed by atoms with van der Waals surface area (Å²) >= 11 is 0. The molecule has 5 rings (SSSR count). The number of benzene rings is 2. The smallest absolute Gasteiger partial charge is 0.261 e. The molecular formula is C24H20N6O3S. The van der Waals surface area contributed by atoms with E-state index in [1.165, 1.54) is 12.1 Å². The summed E-state index contributed by atoms with van der Waals surface area (Å²) in [6.45, 7) is 2.38. The van der Waals surface area contributed by atoms with Crippen molar-refractivity contribution >= 4 is 21.4 Å². The van der Waals surface area contributed by atoms with Crippen molar-refractivity contribution in [1.29, 1.82) is 0 Å². The molecular weight excluding hydrogens is 452 g/mol. The molecule has 3 aromatic heterocycles. The molecule has 3 heterocycles. The average Bonchev–Trinajstić information content (AvgIpc) is 3.28. The summed E-state index contributed by atoms with van der Waals surface area (Å²) in [5, 5.41) is 13.1. The number of ether oxygens (including phenoxy) is 1. The molecule has 10 heteroatoms. The maximum Gasteiger partial charge on any atom is 0.261 e. The highest BCUT2D eigenvalue weighted by atomic mass is 32.2. The van der Waals surface area contributed by atoms with Crippen LogP contribution in [0.2, 0.25) is 0 Å². The zero-order valence-corrected chi connectivity index (χ0v) is 19.0. The fraction of sp³-hybridized carbons (Fsp3) is 0.0833. The van der Waals surface area contributed by atoms with Gasteiger partial charge in [-0.2, -0.15) is 9.61 Å². The van der Waals surface area contributed by atoms with Crippen LogP contribution in [0.1, 0.15) is 6.92 Å². The highest BCUT2D eigenvalue weighted by molar-refractivity contribution is 7.92. The standard InChI is InChI=1S/C24H20N6O3S/c1-2-33-20-8-10-21(11-9-20)34(31,32)29-19-7-3-5-17(15-19)22-12-13-23-26-27-24(30(23)28-22)18-6-4-14-25-16-18/h3-16,29H,2H2,1H3. The number of nitrogens with zero attached hydrogens (tertiary/aromatic N) is 5. The van der Waals surface area contributed by atoms with Crippen LogP contribution in [-0.4, -0.2) is 39.8 Å². The van der Waals surface area contributed by atoms with Gasteiger partial charge in [0.2, 0.25) is 0 Å². The van der Waals surface area contributed by atoms with Crippen LogP contribution >= 0.6 is 0 Å². The number of aromatic nitrogens is 5. The van der Waals surface area contributed by atoms with Gasteiger partial charge in [0.05, 0.1) is 17.2 Å². The molecule has 0 unspecified atom stereocenters. The van der Waals surface area contributed by atoms with E-state index in [4.69, 9.17) is 4.74 Å². The van der Waals surface area contributed by atoms with Crippen LogP contribution in [0, 0.1) is 0 Å². The summed E-state index contributed by atoms with van der Waals surface area (Å²) in [6, 6.07) is 20.7. The molecule has 5 aromatic rings. The lowest BCUT2D eigenvalue weighted by molar-refractivity contribution is 0.340. The Bertz CT molecular complexity index is 1550. The number of nitrogens with one attached hydrogen (secondary N) is 1. The van der Waals surface area contributed by atoms with E-state index in [0.717, 1.165) is 11.1 Å². The van der Waals surface area contributed by atoms with Gasteiger partial charge in [0.15, 0.2) is 11.5 Å². The van der Waals surface area contributed by atoms with Gasteiger partial charge in [-0.1, -0.05) is 12.1 Å². The molecule has 0 atom stereocenters. The Labute approximate surface area is 196 Å². The number of rotatable bonds is 7. The van der Waals surface area contributed by atoms with E-state index in [-0.39, 0.29) is 4.90 Å². The fourth-order valence-corrected chi connectivity index (χ4v) is 4.51. The third-order valence-corrected chi connectivity index (χ3v) is 6.44. The summed E-state index contributed by atoms with van der Waals surface area (Å²) < 4.78 is 35.4. The van der Waals surface area contributed by atoms with E-state index in [0.29, 0.717) is 35.2 Å². The van der Waals surface area contributed by atoms with Crippen molar-refractivity contribution in [3.8, 4) is 28.4 Å². The lowest BCUT2D eigenvalue weighted by Gasteiger charge is -2.10. The summed E-state index contributed by atoms with van der Waals surface area (Å²) in [4.78, 5) is 4.28. The van der Waals surface area contributed by atoms with Crippen LogP contribution in [-0.2, 0) is 10.0 Å². The summed E-state index contributed by atoms with van der Waals surface area (Å²) in [6.07, 6.45) is 3.38. The fourth-order valence-electron chi connectivity index (χ4n) is 3.46. The molecule has 1 N–H and O–H groups in total. The van der Waals surface area contributed by atoms with Crippen molar-refractivity contribution < 1.29 is 13.2 Å². The van der Waals surface area contributed by atoms with E-state index in [2.05, 4.69) is 25.0 Å². The van der Waals surface area contributed by atoms with Gasteiger partial charge >= 0.3 is 0 Å². The van der Waals surface area contributed by atoms with E-state index < -0.39 is 10.0 Å². The lowest BCUT2D eigenvalue weighted by Crippen LogP contribution is -2.13. The highest BCUT2D eigenvalue weighted by Crippen LogP contribution is 2.25. The Hall–Kier alpha value is -4.31. The van der Waals surface area contributed by atoms with Gasteiger partial charge in [-0.05, 0) is 67.6 Å². The Morgan fingerprint density at radius 3 is 2.53 bits per heavy atom.